The van der Waals surface area contributed by atoms with Crippen molar-refractivity contribution in [3.8, 4) is 5.75 Å². The number of hydrogen-bond acceptors (Lipinski definition) is 3. The highest BCUT2D eigenvalue weighted by atomic mass is 16.5. The van der Waals surface area contributed by atoms with Crippen molar-refractivity contribution in [2.24, 2.45) is 5.92 Å². The van der Waals surface area contributed by atoms with Crippen molar-refractivity contribution in [1.82, 2.24) is 10.3 Å². The molecule has 0 unspecified atom stereocenters. The minimum absolute atomic E-state index is 0.720. The van der Waals surface area contributed by atoms with Crippen LogP contribution >= 0.6 is 0 Å². The summed E-state index contributed by atoms with van der Waals surface area (Å²) in [5.41, 5.74) is 1.03. The smallest absolute Gasteiger partial charge is 0.137 e. The molecule has 3 heteroatoms. The van der Waals surface area contributed by atoms with Crippen LogP contribution in [-0.4, -0.2) is 24.7 Å². The van der Waals surface area contributed by atoms with Crippen LogP contribution in [-0.2, 0) is 0 Å². The molecule has 1 aliphatic carbocycles. The van der Waals surface area contributed by atoms with E-state index in [0.29, 0.717) is 0 Å². The SMILES string of the molecule is Cc1ccc(OCCNCC2CCCCC2)cn1. The molecule has 0 saturated heterocycles. The van der Waals surface area contributed by atoms with Gasteiger partial charge >= 0.3 is 0 Å². The van der Waals surface area contributed by atoms with Crippen molar-refractivity contribution < 1.29 is 4.74 Å². The fourth-order valence-corrected chi connectivity index (χ4v) is 2.48. The zero-order valence-electron chi connectivity index (χ0n) is 11.3. The average molecular weight is 248 g/mol. The molecule has 0 aromatic carbocycles. The Kier molecular flexibility index (Phi) is 5.46. The van der Waals surface area contributed by atoms with Gasteiger partial charge in [0.25, 0.3) is 0 Å². The van der Waals surface area contributed by atoms with Crippen LogP contribution in [0.4, 0.5) is 0 Å². The predicted molar refractivity (Wildman–Crippen MR) is 73.9 cm³/mol. The summed E-state index contributed by atoms with van der Waals surface area (Å²) in [5.74, 6) is 1.75. The zero-order chi connectivity index (χ0) is 12.6. The van der Waals surface area contributed by atoms with Crippen LogP contribution in [0.1, 0.15) is 37.8 Å². The summed E-state index contributed by atoms with van der Waals surface area (Å²) in [4.78, 5) is 4.21. The quantitative estimate of drug-likeness (QED) is 0.786. The van der Waals surface area contributed by atoms with Gasteiger partial charge in [-0.05, 0) is 44.4 Å². The summed E-state index contributed by atoms with van der Waals surface area (Å²) < 4.78 is 5.63. The van der Waals surface area contributed by atoms with Crippen molar-refractivity contribution >= 4 is 0 Å². The van der Waals surface area contributed by atoms with Gasteiger partial charge in [0.15, 0.2) is 0 Å². The van der Waals surface area contributed by atoms with E-state index >= 15 is 0 Å². The topological polar surface area (TPSA) is 34.1 Å². The summed E-state index contributed by atoms with van der Waals surface area (Å²) in [6, 6.07) is 3.95. The van der Waals surface area contributed by atoms with Gasteiger partial charge < -0.3 is 10.1 Å². The minimum Gasteiger partial charge on any atom is -0.491 e. The van der Waals surface area contributed by atoms with Gasteiger partial charge in [-0.15, -0.1) is 0 Å². The van der Waals surface area contributed by atoms with E-state index in [1.807, 2.05) is 19.1 Å². The van der Waals surface area contributed by atoms with Crippen molar-refractivity contribution in [3.63, 3.8) is 0 Å². The van der Waals surface area contributed by atoms with E-state index in [4.69, 9.17) is 4.74 Å². The monoisotopic (exact) mass is 248 g/mol. The van der Waals surface area contributed by atoms with Crippen LogP contribution in [0.15, 0.2) is 18.3 Å². The third kappa shape index (κ3) is 4.65. The Morgan fingerprint density at radius 2 is 2.11 bits per heavy atom. The van der Waals surface area contributed by atoms with E-state index in [-0.39, 0.29) is 0 Å². The van der Waals surface area contributed by atoms with E-state index in [1.54, 1.807) is 6.20 Å². The Morgan fingerprint density at radius 1 is 1.28 bits per heavy atom. The van der Waals surface area contributed by atoms with Crippen molar-refractivity contribution in [1.29, 1.82) is 0 Å². The normalized spacial score (nSPS) is 16.7. The van der Waals surface area contributed by atoms with Gasteiger partial charge in [-0.25, -0.2) is 0 Å². The van der Waals surface area contributed by atoms with E-state index in [1.165, 1.54) is 32.1 Å². The van der Waals surface area contributed by atoms with E-state index in [0.717, 1.165) is 37.1 Å². The first-order chi connectivity index (χ1) is 8.84. The van der Waals surface area contributed by atoms with Crippen molar-refractivity contribution in [3.05, 3.63) is 24.0 Å². The molecule has 2 rings (SSSR count). The number of aromatic nitrogens is 1. The Bertz CT molecular complexity index is 331. The van der Waals surface area contributed by atoms with Crippen LogP contribution in [0.5, 0.6) is 5.75 Å². The fourth-order valence-electron chi connectivity index (χ4n) is 2.48. The molecule has 1 heterocycles. The van der Waals surface area contributed by atoms with E-state index in [9.17, 15) is 0 Å². The van der Waals surface area contributed by atoms with Crippen LogP contribution in [0.3, 0.4) is 0 Å². The largest absolute Gasteiger partial charge is 0.491 e. The Balaban J connectivity index is 1.54. The fraction of sp³-hybridized carbons (Fsp3) is 0.667. The number of pyridine rings is 1. The summed E-state index contributed by atoms with van der Waals surface area (Å²) in [5, 5.41) is 3.49. The lowest BCUT2D eigenvalue weighted by atomic mass is 9.89. The lowest BCUT2D eigenvalue weighted by Gasteiger charge is -2.21. The molecule has 0 amide bonds. The summed E-state index contributed by atoms with van der Waals surface area (Å²) in [7, 11) is 0. The minimum atomic E-state index is 0.720. The maximum atomic E-state index is 5.63. The van der Waals surface area contributed by atoms with Crippen molar-refractivity contribution in [2.75, 3.05) is 19.7 Å². The standard InChI is InChI=1S/C15H24N2O/c1-13-7-8-15(12-17-13)18-10-9-16-11-14-5-3-2-4-6-14/h7-8,12,14,16H,2-6,9-11H2,1H3. The number of nitrogens with one attached hydrogen (secondary N) is 1. The molecular formula is C15H24N2O. The summed E-state index contributed by atoms with van der Waals surface area (Å²) >= 11 is 0. The molecule has 1 N–H and O–H groups in total. The zero-order valence-corrected chi connectivity index (χ0v) is 11.3. The lowest BCUT2D eigenvalue weighted by molar-refractivity contribution is 0.294. The van der Waals surface area contributed by atoms with Crippen LogP contribution in [0.2, 0.25) is 0 Å². The van der Waals surface area contributed by atoms with Crippen LogP contribution in [0, 0.1) is 12.8 Å². The molecule has 0 aliphatic heterocycles. The highest BCUT2D eigenvalue weighted by molar-refractivity contribution is 5.18. The maximum absolute atomic E-state index is 5.63. The van der Waals surface area contributed by atoms with Crippen molar-refractivity contribution in [2.45, 2.75) is 39.0 Å². The summed E-state index contributed by atoms with van der Waals surface area (Å²) in [6.07, 6.45) is 8.84. The van der Waals surface area contributed by atoms with Crippen LogP contribution in [0.25, 0.3) is 0 Å². The van der Waals surface area contributed by atoms with Gasteiger partial charge in [-0.1, -0.05) is 19.3 Å². The first-order valence-corrected chi connectivity index (χ1v) is 7.11. The summed E-state index contributed by atoms with van der Waals surface area (Å²) in [6.45, 7) is 4.77. The molecule has 0 atom stereocenters. The van der Waals surface area contributed by atoms with Gasteiger partial charge in [0.05, 0.1) is 6.20 Å². The second-order valence-corrected chi connectivity index (χ2v) is 5.19. The molecule has 1 aromatic heterocycles. The first-order valence-electron chi connectivity index (χ1n) is 7.11. The molecule has 1 aliphatic rings. The molecule has 18 heavy (non-hydrogen) atoms. The molecule has 1 fully saturated rings. The number of nitrogens with zero attached hydrogens (tertiary/aromatic N) is 1. The molecule has 100 valence electrons. The number of rotatable bonds is 6. The molecule has 1 saturated carbocycles. The third-order valence-electron chi connectivity index (χ3n) is 3.59. The Hall–Kier alpha value is -1.09. The maximum Gasteiger partial charge on any atom is 0.137 e. The molecular weight excluding hydrogens is 224 g/mol. The molecule has 0 radical (unpaired) electrons. The molecule has 0 bridgehead atoms. The molecule has 3 nitrogen and oxygen atoms in total. The van der Waals surface area contributed by atoms with Gasteiger partial charge in [0, 0.05) is 12.2 Å². The predicted octanol–water partition coefficient (Wildman–Crippen LogP) is 2.94. The van der Waals surface area contributed by atoms with E-state index < -0.39 is 0 Å². The lowest BCUT2D eigenvalue weighted by Crippen LogP contribution is -2.28. The third-order valence-corrected chi connectivity index (χ3v) is 3.59. The van der Waals surface area contributed by atoms with Crippen LogP contribution < -0.4 is 10.1 Å². The average Bonchev–Trinajstić information content (AvgIpc) is 2.42. The highest BCUT2D eigenvalue weighted by Crippen LogP contribution is 2.22. The first kappa shape index (κ1) is 13.3. The Labute approximate surface area is 110 Å². The highest BCUT2D eigenvalue weighted by Gasteiger charge is 2.12. The van der Waals surface area contributed by atoms with Gasteiger partial charge in [0.1, 0.15) is 12.4 Å². The van der Waals surface area contributed by atoms with Gasteiger partial charge in [-0.3, -0.25) is 4.98 Å². The Morgan fingerprint density at radius 3 is 2.83 bits per heavy atom. The molecule has 1 aromatic rings. The molecule has 0 spiro atoms. The second-order valence-electron chi connectivity index (χ2n) is 5.19. The van der Waals surface area contributed by atoms with Gasteiger partial charge in [0.2, 0.25) is 0 Å². The number of ether oxygens (including phenoxy) is 1. The number of hydrogen-bond donors (Lipinski definition) is 1. The van der Waals surface area contributed by atoms with E-state index in [2.05, 4.69) is 10.3 Å². The second kappa shape index (κ2) is 7.37. The number of aryl methyl sites for hydroxylation is 1. The van der Waals surface area contributed by atoms with Gasteiger partial charge in [-0.2, -0.15) is 0 Å².